The summed E-state index contributed by atoms with van der Waals surface area (Å²) in [5, 5.41) is 3.31. The summed E-state index contributed by atoms with van der Waals surface area (Å²) in [6.45, 7) is 5.28. The van der Waals surface area contributed by atoms with E-state index < -0.39 is 23.8 Å². The predicted octanol–water partition coefficient (Wildman–Crippen LogP) is 4.41. The van der Waals surface area contributed by atoms with E-state index in [1.165, 1.54) is 14.0 Å². The van der Waals surface area contributed by atoms with Gasteiger partial charge < -0.3 is 24.3 Å². The van der Waals surface area contributed by atoms with Crippen molar-refractivity contribution in [3.8, 4) is 17.2 Å². The Hall–Kier alpha value is -4.07. The second kappa shape index (κ2) is 10.9. The van der Waals surface area contributed by atoms with E-state index in [1.54, 1.807) is 32.2 Å². The van der Waals surface area contributed by atoms with E-state index in [-0.39, 0.29) is 23.9 Å². The molecular formula is C29H31NO7. The van der Waals surface area contributed by atoms with Gasteiger partial charge in [0.25, 0.3) is 0 Å². The number of nitrogens with one attached hydrogen (secondary N) is 1. The Labute approximate surface area is 216 Å². The molecule has 0 saturated carbocycles. The molecule has 8 heteroatoms. The van der Waals surface area contributed by atoms with E-state index in [0.717, 1.165) is 17.0 Å². The van der Waals surface area contributed by atoms with E-state index in [2.05, 4.69) is 11.4 Å². The van der Waals surface area contributed by atoms with Crippen molar-refractivity contribution >= 4 is 17.7 Å². The second-order valence-electron chi connectivity index (χ2n) is 9.02. The number of rotatable bonds is 7. The van der Waals surface area contributed by atoms with Crippen molar-refractivity contribution in [1.82, 2.24) is 5.32 Å². The van der Waals surface area contributed by atoms with Crippen LogP contribution in [0.2, 0.25) is 0 Å². The molecular weight excluding hydrogens is 474 g/mol. The van der Waals surface area contributed by atoms with Crippen LogP contribution in [0.4, 0.5) is 0 Å². The van der Waals surface area contributed by atoms with Gasteiger partial charge in [0.05, 0.1) is 32.3 Å². The molecule has 1 N–H and O–H groups in total. The van der Waals surface area contributed by atoms with Crippen molar-refractivity contribution in [3.63, 3.8) is 0 Å². The molecule has 3 unspecified atom stereocenters. The number of ether oxygens (including phenoxy) is 4. The molecule has 2 aromatic rings. The molecule has 0 bridgehead atoms. The number of benzene rings is 2. The number of allylic oxidation sites excluding steroid dienone is 3. The number of carbonyl (C=O) groups is 3. The fourth-order valence-corrected chi connectivity index (χ4v) is 5.11. The molecule has 3 atom stereocenters. The number of ketones is 1. The van der Waals surface area contributed by atoms with Gasteiger partial charge in [0.1, 0.15) is 11.5 Å². The van der Waals surface area contributed by atoms with Crippen LogP contribution in [0.5, 0.6) is 17.2 Å². The molecule has 1 aliphatic carbocycles. The predicted molar refractivity (Wildman–Crippen MR) is 136 cm³/mol. The van der Waals surface area contributed by atoms with E-state index >= 15 is 0 Å². The first-order valence-corrected chi connectivity index (χ1v) is 12.2. The van der Waals surface area contributed by atoms with Crippen molar-refractivity contribution in [3.05, 3.63) is 76.6 Å². The Balaban J connectivity index is 1.81. The Morgan fingerprint density at radius 1 is 1.00 bits per heavy atom. The molecule has 1 aliphatic heterocycles. The summed E-state index contributed by atoms with van der Waals surface area (Å²) in [5.74, 6) is -0.923. The fourth-order valence-electron chi connectivity index (χ4n) is 5.11. The minimum absolute atomic E-state index is 0.00624. The van der Waals surface area contributed by atoms with Gasteiger partial charge in [-0.05, 0) is 49.2 Å². The third-order valence-corrected chi connectivity index (χ3v) is 6.69. The lowest BCUT2D eigenvalue weighted by Gasteiger charge is -2.39. The number of hydrogen-bond donors (Lipinski definition) is 1. The highest BCUT2D eigenvalue weighted by Crippen LogP contribution is 2.47. The van der Waals surface area contributed by atoms with Crippen LogP contribution >= 0.6 is 0 Å². The summed E-state index contributed by atoms with van der Waals surface area (Å²) in [6, 6.07) is 12.8. The summed E-state index contributed by atoms with van der Waals surface area (Å²) in [7, 11) is 2.93. The topological polar surface area (TPSA) is 100 Å². The maximum absolute atomic E-state index is 13.7. The smallest absolute Gasteiger partial charge is 0.336 e. The molecule has 1 heterocycles. The summed E-state index contributed by atoms with van der Waals surface area (Å²) >= 11 is 0. The van der Waals surface area contributed by atoms with Gasteiger partial charge in [-0.2, -0.15) is 0 Å². The highest BCUT2D eigenvalue weighted by molar-refractivity contribution is 5.96. The van der Waals surface area contributed by atoms with Crippen LogP contribution in [0.25, 0.3) is 0 Å². The van der Waals surface area contributed by atoms with Gasteiger partial charge in [-0.15, -0.1) is 0 Å². The zero-order chi connectivity index (χ0) is 26.7. The minimum Gasteiger partial charge on any atom is -0.497 e. The molecule has 0 amide bonds. The zero-order valence-electron chi connectivity index (χ0n) is 21.6. The zero-order valence-corrected chi connectivity index (χ0v) is 21.6. The standard InChI is InChI=1S/C29H31NO7/c1-6-36-25-15-19(9-12-24(25)37-17(3)31)27-26(29(33)35-5)16(2)30-22-13-20(14-23(32)28(22)27)18-7-10-21(34-4)11-8-18/h7-13,15,20,27-28,30H,6,14H2,1-5H3. The molecule has 4 rings (SSSR count). The van der Waals surface area contributed by atoms with Crippen molar-refractivity contribution in [2.24, 2.45) is 5.92 Å². The van der Waals surface area contributed by atoms with Gasteiger partial charge in [-0.3, -0.25) is 9.59 Å². The number of fused-ring (bicyclic) bond motifs is 1. The molecule has 8 nitrogen and oxygen atoms in total. The van der Waals surface area contributed by atoms with E-state index in [1.807, 2.05) is 31.2 Å². The Bertz CT molecular complexity index is 1280. The number of hydrogen-bond acceptors (Lipinski definition) is 8. The fraction of sp³-hybridized carbons (Fsp3) is 0.345. The van der Waals surface area contributed by atoms with Gasteiger partial charge in [0.2, 0.25) is 0 Å². The van der Waals surface area contributed by atoms with Crippen LogP contribution in [-0.2, 0) is 19.1 Å². The third-order valence-electron chi connectivity index (χ3n) is 6.69. The summed E-state index contributed by atoms with van der Waals surface area (Å²) < 4.78 is 21.4. The lowest BCUT2D eigenvalue weighted by atomic mass is 9.68. The molecule has 37 heavy (non-hydrogen) atoms. The largest absolute Gasteiger partial charge is 0.497 e. The number of esters is 2. The first-order valence-electron chi connectivity index (χ1n) is 12.2. The van der Waals surface area contributed by atoms with E-state index in [9.17, 15) is 14.4 Å². The van der Waals surface area contributed by atoms with Crippen LogP contribution in [-0.4, -0.2) is 38.5 Å². The molecule has 194 valence electrons. The summed E-state index contributed by atoms with van der Waals surface area (Å²) in [5.41, 5.74) is 3.43. The van der Waals surface area contributed by atoms with Crippen LogP contribution < -0.4 is 19.5 Å². The van der Waals surface area contributed by atoms with Crippen LogP contribution in [0.3, 0.4) is 0 Å². The number of methoxy groups -OCH3 is 2. The van der Waals surface area contributed by atoms with Gasteiger partial charge in [-0.25, -0.2) is 4.79 Å². The average molecular weight is 506 g/mol. The quantitative estimate of drug-likeness (QED) is 0.436. The van der Waals surface area contributed by atoms with Crippen molar-refractivity contribution < 1.29 is 33.3 Å². The minimum atomic E-state index is -0.610. The normalized spacial score (nSPS) is 20.8. The van der Waals surface area contributed by atoms with Gasteiger partial charge in [0, 0.05) is 36.6 Å². The highest BCUT2D eigenvalue weighted by atomic mass is 16.6. The highest BCUT2D eigenvalue weighted by Gasteiger charge is 2.45. The van der Waals surface area contributed by atoms with Crippen molar-refractivity contribution in [1.29, 1.82) is 0 Å². The summed E-state index contributed by atoms with van der Waals surface area (Å²) in [6.07, 6.45) is 2.35. The van der Waals surface area contributed by atoms with Gasteiger partial charge in [-0.1, -0.05) is 24.3 Å². The molecule has 2 aromatic carbocycles. The maximum atomic E-state index is 13.7. The van der Waals surface area contributed by atoms with E-state index in [4.69, 9.17) is 18.9 Å². The first kappa shape index (κ1) is 26.0. The number of Topliss-reactive ketones (excluding diaryl/α,β-unsaturated/α-hetero) is 1. The molecule has 0 spiro atoms. The third kappa shape index (κ3) is 5.23. The van der Waals surface area contributed by atoms with E-state index in [0.29, 0.717) is 29.2 Å². The van der Waals surface area contributed by atoms with Crippen LogP contribution in [0, 0.1) is 5.92 Å². The summed E-state index contributed by atoms with van der Waals surface area (Å²) in [4.78, 5) is 38.3. The van der Waals surface area contributed by atoms with Crippen molar-refractivity contribution in [2.75, 3.05) is 20.8 Å². The average Bonchev–Trinajstić information content (AvgIpc) is 2.88. The number of carbonyl (C=O) groups excluding carboxylic acids is 3. The molecule has 0 radical (unpaired) electrons. The lowest BCUT2D eigenvalue weighted by Crippen LogP contribution is -2.41. The van der Waals surface area contributed by atoms with Gasteiger partial charge >= 0.3 is 11.9 Å². The Morgan fingerprint density at radius 2 is 1.70 bits per heavy atom. The lowest BCUT2D eigenvalue weighted by molar-refractivity contribution is -0.137. The Morgan fingerprint density at radius 3 is 2.32 bits per heavy atom. The monoisotopic (exact) mass is 505 g/mol. The molecule has 0 aromatic heterocycles. The molecule has 0 fully saturated rings. The van der Waals surface area contributed by atoms with Crippen LogP contribution in [0.15, 0.2) is 65.5 Å². The van der Waals surface area contributed by atoms with Crippen LogP contribution in [0.1, 0.15) is 50.2 Å². The van der Waals surface area contributed by atoms with Gasteiger partial charge in [0.15, 0.2) is 11.5 Å². The molecule has 0 saturated heterocycles. The molecule has 2 aliphatic rings. The first-order chi connectivity index (χ1) is 17.8. The maximum Gasteiger partial charge on any atom is 0.336 e. The Kier molecular flexibility index (Phi) is 7.66. The SMILES string of the molecule is CCOc1cc(C2C(C(=O)OC)=C(C)NC3=CC(c4ccc(OC)cc4)CC(=O)C32)ccc1OC(C)=O. The van der Waals surface area contributed by atoms with Crippen molar-refractivity contribution in [2.45, 2.75) is 39.0 Å². The second-order valence-corrected chi connectivity index (χ2v) is 9.02.